The van der Waals surface area contributed by atoms with E-state index in [1.54, 1.807) is 11.3 Å². The number of fused-ring (bicyclic) bond motifs is 1. The van der Waals surface area contributed by atoms with Crippen LogP contribution in [0.25, 0.3) is 10.4 Å². The predicted molar refractivity (Wildman–Crippen MR) is 215 cm³/mol. The Morgan fingerprint density at radius 1 is 1.00 bits per heavy atom. The van der Waals surface area contributed by atoms with Gasteiger partial charge in [0.15, 0.2) is 0 Å². The summed E-state index contributed by atoms with van der Waals surface area (Å²) < 4.78 is 24.8. The minimum Gasteiger partial charge on any atom is -0.494 e. The number of rotatable bonds is 19. The van der Waals surface area contributed by atoms with Gasteiger partial charge in [-0.15, -0.1) is 11.3 Å². The molecule has 0 bridgehead atoms. The molecule has 2 aliphatic heterocycles. The Bertz CT molecular complexity index is 1660. The first-order valence-electron chi connectivity index (χ1n) is 19.5. The van der Waals surface area contributed by atoms with Gasteiger partial charge in [0.25, 0.3) is 0 Å². The average molecular weight is 779 g/mol. The van der Waals surface area contributed by atoms with Crippen LogP contribution < -0.4 is 20.1 Å². The number of benzene rings is 2. The van der Waals surface area contributed by atoms with Crippen LogP contribution in [0.3, 0.4) is 0 Å². The Kier molecular flexibility index (Phi) is 15.9. The minimum atomic E-state index is -1.22. The lowest BCUT2D eigenvalue weighted by Gasteiger charge is -2.38. The molecule has 3 heterocycles. The van der Waals surface area contributed by atoms with Crippen molar-refractivity contribution in [2.45, 2.75) is 97.2 Å². The lowest BCUT2D eigenvalue weighted by molar-refractivity contribution is -0.137. The van der Waals surface area contributed by atoms with E-state index in [4.69, 9.17) is 18.9 Å². The fourth-order valence-electron chi connectivity index (χ4n) is 6.74. The molecule has 3 aromatic rings. The molecule has 2 atom stereocenters. The van der Waals surface area contributed by atoms with Gasteiger partial charge in [0.2, 0.25) is 17.7 Å². The van der Waals surface area contributed by atoms with Crippen molar-refractivity contribution in [1.82, 2.24) is 20.2 Å². The Hall–Kier alpha value is -3.78. The summed E-state index contributed by atoms with van der Waals surface area (Å²) >= 11 is 1.62. The van der Waals surface area contributed by atoms with Crippen molar-refractivity contribution in [3.63, 3.8) is 0 Å². The number of carbonyl (C=O) groups excluding carboxylic acids is 3. The van der Waals surface area contributed by atoms with E-state index in [1.807, 2.05) is 62.0 Å². The molecule has 2 aromatic carbocycles. The zero-order valence-electron chi connectivity index (χ0n) is 32.5. The van der Waals surface area contributed by atoms with Crippen molar-refractivity contribution in [1.29, 1.82) is 0 Å². The summed E-state index contributed by atoms with van der Waals surface area (Å²) in [6.45, 7) is 11.9. The van der Waals surface area contributed by atoms with Gasteiger partial charge in [-0.25, -0.2) is 4.98 Å². The monoisotopic (exact) mass is 778 g/mol. The molecule has 294 valence electrons. The third kappa shape index (κ3) is 12.6. The standard InChI is InChI=1S/C41H58N4O7SSi/c1-29-37(53-28-43-29)31-15-13-30(14-16-31)26-42-39(47)35-12-8-19-45(54-35)40(48)38(41(2,3)4)44-36(46)27-50-22-10-21-49-20-6-5-7-23-51-33-17-18-34-32(25-33)11-9-24-52-34/h13-18,25,28,35,38H,5-12,19-24,26-27,54H2,1-4H3,(H,42,47)(H,44,46)/t35-,38+/m0/s1. The van der Waals surface area contributed by atoms with Crippen molar-refractivity contribution in [3.8, 4) is 21.9 Å². The second-order valence-corrected chi connectivity index (χ2v) is 18.3. The van der Waals surface area contributed by atoms with Crippen LogP contribution in [0.4, 0.5) is 0 Å². The summed E-state index contributed by atoms with van der Waals surface area (Å²) in [5.41, 5.74) is 5.56. The molecule has 0 aliphatic carbocycles. The molecule has 13 heteroatoms. The summed E-state index contributed by atoms with van der Waals surface area (Å²) in [5.74, 6) is 1.45. The molecule has 3 amide bonds. The van der Waals surface area contributed by atoms with E-state index in [0.29, 0.717) is 45.9 Å². The zero-order chi connectivity index (χ0) is 38.3. The van der Waals surface area contributed by atoms with Crippen LogP contribution in [0.1, 0.15) is 82.5 Å². The van der Waals surface area contributed by atoms with Crippen molar-refractivity contribution in [3.05, 3.63) is 64.8 Å². The summed E-state index contributed by atoms with van der Waals surface area (Å²) in [7, 11) is -1.22. The highest BCUT2D eigenvalue weighted by atomic mass is 32.1. The fourth-order valence-corrected chi connectivity index (χ4v) is 9.63. The number of thiazole rings is 1. The van der Waals surface area contributed by atoms with E-state index >= 15 is 0 Å². The van der Waals surface area contributed by atoms with Crippen LogP contribution in [0.5, 0.6) is 11.5 Å². The van der Waals surface area contributed by atoms with Crippen LogP contribution in [0.2, 0.25) is 5.54 Å². The molecular weight excluding hydrogens is 721 g/mol. The summed E-state index contributed by atoms with van der Waals surface area (Å²) in [6.07, 6.45) is 7.26. The first-order chi connectivity index (χ1) is 26.1. The first-order valence-corrected chi connectivity index (χ1v) is 21.8. The SMILES string of the molecule is Cc1ncsc1-c1ccc(CNC(=O)[C@@H]2CCCN(C(=O)[C@@H](NC(=O)COCCCOCCCCCOc3ccc4c(c3)CCCO4)C(C)(C)C)[SiH2]2)cc1. The number of carbonyl (C=O) groups is 3. The lowest BCUT2D eigenvalue weighted by Crippen LogP contribution is -2.58. The van der Waals surface area contributed by atoms with Crippen LogP contribution in [-0.4, -0.2) is 89.2 Å². The fraction of sp³-hybridized carbons (Fsp3) is 0.561. The molecule has 2 aliphatic rings. The number of aryl methyl sites for hydroxylation is 2. The average Bonchev–Trinajstić information content (AvgIpc) is 3.61. The molecular formula is C41H58N4O7SSi. The summed E-state index contributed by atoms with van der Waals surface area (Å²) in [5, 5.41) is 6.04. The maximum absolute atomic E-state index is 13.8. The highest BCUT2D eigenvalue weighted by Gasteiger charge is 2.38. The van der Waals surface area contributed by atoms with Gasteiger partial charge in [-0.05, 0) is 98.6 Å². The maximum atomic E-state index is 13.8. The van der Waals surface area contributed by atoms with Gasteiger partial charge in [-0.3, -0.25) is 14.4 Å². The number of aromatic nitrogens is 1. The van der Waals surface area contributed by atoms with Gasteiger partial charge < -0.3 is 34.1 Å². The number of hydrogen-bond acceptors (Lipinski definition) is 9. The van der Waals surface area contributed by atoms with Crippen molar-refractivity contribution in [2.75, 3.05) is 46.2 Å². The number of amides is 3. The number of hydrogen-bond donors (Lipinski definition) is 2. The molecule has 0 saturated carbocycles. The molecule has 1 saturated heterocycles. The Morgan fingerprint density at radius 3 is 2.56 bits per heavy atom. The van der Waals surface area contributed by atoms with Crippen LogP contribution in [-0.2, 0) is 36.8 Å². The zero-order valence-corrected chi connectivity index (χ0v) is 34.7. The van der Waals surface area contributed by atoms with Gasteiger partial charge in [-0.2, -0.15) is 0 Å². The van der Waals surface area contributed by atoms with E-state index in [2.05, 4.69) is 33.8 Å². The normalized spacial score (nSPS) is 16.7. The van der Waals surface area contributed by atoms with Gasteiger partial charge in [0, 0.05) is 38.5 Å². The third-order valence-corrected chi connectivity index (χ3v) is 13.1. The second-order valence-electron chi connectivity index (χ2n) is 15.3. The molecule has 2 N–H and O–H groups in total. The molecule has 5 rings (SSSR count). The lowest BCUT2D eigenvalue weighted by atomic mass is 9.86. The Labute approximate surface area is 326 Å². The van der Waals surface area contributed by atoms with E-state index in [0.717, 1.165) is 84.7 Å². The third-order valence-electron chi connectivity index (χ3n) is 9.84. The highest BCUT2D eigenvalue weighted by molar-refractivity contribution is 7.13. The highest BCUT2D eigenvalue weighted by Crippen LogP contribution is 2.30. The van der Waals surface area contributed by atoms with Gasteiger partial charge in [0.1, 0.15) is 33.8 Å². The van der Waals surface area contributed by atoms with Crippen LogP contribution >= 0.6 is 11.3 Å². The van der Waals surface area contributed by atoms with Gasteiger partial charge >= 0.3 is 0 Å². The quantitative estimate of drug-likeness (QED) is 0.116. The topological polar surface area (TPSA) is 128 Å². The molecule has 1 fully saturated rings. The smallest absolute Gasteiger partial charge is 0.246 e. The Balaban J connectivity index is 0.930. The van der Waals surface area contributed by atoms with Crippen molar-refractivity contribution in [2.24, 2.45) is 5.41 Å². The van der Waals surface area contributed by atoms with Crippen LogP contribution in [0, 0.1) is 12.3 Å². The molecule has 0 unspecified atom stereocenters. The molecule has 1 aromatic heterocycles. The largest absolute Gasteiger partial charge is 0.494 e. The first kappa shape index (κ1) is 41.4. The van der Waals surface area contributed by atoms with Crippen molar-refractivity contribution >= 4 is 38.7 Å². The predicted octanol–water partition coefficient (Wildman–Crippen LogP) is 5.76. The van der Waals surface area contributed by atoms with E-state index in [9.17, 15) is 14.4 Å². The second kappa shape index (κ2) is 20.8. The molecule has 0 radical (unpaired) electrons. The van der Waals surface area contributed by atoms with Gasteiger partial charge in [0.05, 0.1) is 29.3 Å². The van der Waals surface area contributed by atoms with E-state index in [-0.39, 0.29) is 29.9 Å². The number of ether oxygens (including phenoxy) is 4. The molecule has 54 heavy (non-hydrogen) atoms. The van der Waals surface area contributed by atoms with Crippen molar-refractivity contribution < 1.29 is 33.3 Å². The molecule has 11 nitrogen and oxygen atoms in total. The maximum Gasteiger partial charge on any atom is 0.246 e. The minimum absolute atomic E-state index is 0.00212. The number of unbranched alkanes of at least 4 members (excludes halogenated alkanes) is 2. The molecule has 0 spiro atoms. The van der Waals surface area contributed by atoms with Gasteiger partial charge in [-0.1, -0.05) is 45.0 Å². The number of nitrogens with zero attached hydrogens (tertiary/aromatic N) is 2. The van der Waals surface area contributed by atoms with Crippen LogP contribution in [0.15, 0.2) is 48.0 Å². The van der Waals surface area contributed by atoms with E-state index in [1.165, 1.54) is 5.56 Å². The van der Waals surface area contributed by atoms with E-state index < -0.39 is 21.1 Å². The number of nitrogens with one attached hydrogen (secondary N) is 2. The summed E-state index contributed by atoms with van der Waals surface area (Å²) in [4.78, 5) is 45.4. The summed E-state index contributed by atoms with van der Waals surface area (Å²) in [6, 6.07) is 13.6. The Morgan fingerprint density at radius 2 is 1.78 bits per heavy atom.